The van der Waals surface area contributed by atoms with Crippen LogP contribution in [0.3, 0.4) is 0 Å². The van der Waals surface area contributed by atoms with Gasteiger partial charge in [-0.05, 0) is 64.3 Å². The third kappa shape index (κ3) is 7.49. The van der Waals surface area contributed by atoms with E-state index in [-0.39, 0.29) is 5.82 Å². The first-order valence-electron chi connectivity index (χ1n) is 9.93. The van der Waals surface area contributed by atoms with Crippen molar-refractivity contribution in [2.45, 2.75) is 63.6 Å². The van der Waals surface area contributed by atoms with Crippen LogP contribution in [-0.2, 0) is 9.53 Å². The average molecular weight is 406 g/mol. The Morgan fingerprint density at radius 3 is 2.59 bits per heavy atom. The lowest BCUT2D eigenvalue weighted by molar-refractivity contribution is -0.139. The van der Waals surface area contributed by atoms with E-state index in [0.29, 0.717) is 37.9 Å². The Balaban J connectivity index is 1.86. The Bertz CT molecular complexity index is 715. The summed E-state index contributed by atoms with van der Waals surface area (Å²) in [6.45, 7) is 10.4. The largest absolute Gasteiger partial charge is 0.480 e. The first-order valence-corrected chi connectivity index (χ1v) is 9.93. The summed E-state index contributed by atoms with van der Waals surface area (Å²) in [6, 6.07) is 5.92. The monoisotopic (exact) mass is 406 g/mol. The number of halogens is 1. The number of amides is 1. The molecule has 1 amide bonds. The number of carboxylic acids is 1. The summed E-state index contributed by atoms with van der Waals surface area (Å²) in [5.41, 5.74) is 0.426. The molecule has 1 aromatic carbocycles. The molecule has 29 heavy (non-hydrogen) atoms. The number of ether oxygens (including phenoxy) is 1. The summed E-state index contributed by atoms with van der Waals surface area (Å²) >= 11 is 0. The number of carboxylic acid groups (broad SMARTS) is 1. The fraction of sp³-hybridized carbons (Fsp3) is 0.545. The van der Waals surface area contributed by atoms with Crippen molar-refractivity contribution in [3.8, 4) is 0 Å². The molecule has 1 aliphatic rings. The van der Waals surface area contributed by atoms with Crippen LogP contribution in [0, 0.1) is 5.82 Å². The summed E-state index contributed by atoms with van der Waals surface area (Å²) in [7, 11) is 0. The summed E-state index contributed by atoms with van der Waals surface area (Å²) < 4.78 is 18.3. The van der Waals surface area contributed by atoms with E-state index in [1.54, 1.807) is 20.8 Å². The van der Waals surface area contributed by atoms with Gasteiger partial charge in [0.1, 0.15) is 17.5 Å². The summed E-state index contributed by atoms with van der Waals surface area (Å²) in [4.78, 5) is 25.6. The number of nitrogens with one attached hydrogen (secondary N) is 1. The van der Waals surface area contributed by atoms with Gasteiger partial charge < -0.3 is 15.2 Å². The SMILES string of the molecule is C=CCN(CCC[C@H](NC(=O)OC(C)(C)C)C(=O)O)C1CC1c1ccc(F)cc1. The molecule has 2 rings (SSSR count). The van der Waals surface area contributed by atoms with Crippen molar-refractivity contribution in [2.24, 2.45) is 0 Å². The van der Waals surface area contributed by atoms with Gasteiger partial charge in [0, 0.05) is 18.5 Å². The number of carbonyl (C=O) groups is 2. The van der Waals surface area contributed by atoms with Crippen LogP contribution in [0.5, 0.6) is 0 Å². The first-order chi connectivity index (χ1) is 13.6. The predicted molar refractivity (Wildman–Crippen MR) is 109 cm³/mol. The van der Waals surface area contributed by atoms with E-state index < -0.39 is 23.7 Å². The van der Waals surface area contributed by atoms with E-state index in [9.17, 15) is 19.1 Å². The highest BCUT2D eigenvalue weighted by Crippen LogP contribution is 2.44. The standard InChI is InChI=1S/C22H31FN2O4/c1-5-12-25(19-14-17(19)15-8-10-16(23)11-9-15)13-6-7-18(20(26)27)24-21(28)29-22(2,3)4/h5,8-11,17-19H,1,6-7,12-14H2,2-4H3,(H,24,28)(H,26,27)/t17?,18-,19?/m0/s1. The number of hydrogen-bond donors (Lipinski definition) is 2. The maximum Gasteiger partial charge on any atom is 0.408 e. The van der Waals surface area contributed by atoms with Crippen molar-refractivity contribution < 1.29 is 23.8 Å². The predicted octanol–water partition coefficient (Wildman–Crippen LogP) is 3.93. The smallest absolute Gasteiger partial charge is 0.408 e. The zero-order chi connectivity index (χ0) is 21.6. The number of carbonyl (C=O) groups excluding carboxylic acids is 1. The van der Waals surface area contributed by atoms with E-state index in [1.165, 1.54) is 12.1 Å². The normalized spacial score (nSPS) is 19.5. The van der Waals surface area contributed by atoms with Crippen molar-refractivity contribution >= 4 is 12.1 Å². The van der Waals surface area contributed by atoms with Crippen LogP contribution in [0.4, 0.5) is 9.18 Å². The third-order valence-electron chi connectivity index (χ3n) is 4.81. The molecule has 7 heteroatoms. The van der Waals surface area contributed by atoms with Gasteiger partial charge in [0.2, 0.25) is 0 Å². The van der Waals surface area contributed by atoms with Gasteiger partial charge in [0.25, 0.3) is 0 Å². The number of aliphatic carboxylic acids is 1. The number of alkyl carbamates (subject to hydrolysis) is 1. The van der Waals surface area contributed by atoms with Crippen molar-refractivity contribution in [1.29, 1.82) is 0 Å². The van der Waals surface area contributed by atoms with Crippen LogP contribution < -0.4 is 5.32 Å². The maximum atomic E-state index is 13.1. The summed E-state index contributed by atoms with van der Waals surface area (Å²) in [5.74, 6) is -0.974. The lowest BCUT2D eigenvalue weighted by Crippen LogP contribution is -2.43. The van der Waals surface area contributed by atoms with Crippen LogP contribution in [0.15, 0.2) is 36.9 Å². The molecule has 1 aromatic rings. The average Bonchev–Trinajstić information content (AvgIpc) is 3.39. The van der Waals surface area contributed by atoms with Gasteiger partial charge in [0.05, 0.1) is 0 Å². The molecule has 6 nitrogen and oxygen atoms in total. The molecule has 3 atom stereocenters. The molecule has 1 aliphatic carbocycles. The van der Waals surface area contributed by atoms with Crippen molar-refractivity contribution in [1.82, 2.24) is 10.2 Å². The Kier molecular flexibility index (Phi) is 7.79. The highest BCUT2D eigenvalue weighted by Gasteiger charge is 2.42. The van der Waals surface area contributed by atoms with Gasteiger partial charge in [-0.3, -0.25) is 4.90 Å². The van der Waals surface area contributed by atoms with Crippen molar-refractivity contribution in [3.63, 3.8) is 0 Å². The molecule has 0 radical (unpaired) electrons. The molecule has 2 unspecified atom stereocenters. The van der Waals surface area contributed by atoms with E-state index in [2.05, 4.69) is 16.8 Å². The Morgan fingerprint density at radius 1 is 1.38 bits per heavy atom. The molecule has 0 saturated heterocycles. The zero-order valence-electron chi connectivity index (χ0n) is 17.4. The van der Waals surface area contributed by atoms with E-state index in [1.807, 2.05) is 18.2 Å². The highest BCUT2D eigenvalue weighted by molar-refractivity contribution is 5.79. The van der Waals surface area contributed by atoms with Gasteiger partial charge >= 0.3 is 12.1 Å². The van der Waals surface area contributed by atoms with Gasteiger partial charge in [-0.1, -0.05) is 18.2 Å². The Morgan fingerprint density at radius 2 is 2.03 bits per heavy atom. The first kappa shape index (κ1) is 22.9. The van der Waals surface area contributed by atoms with E-state index in [4.69, 9.17) is 4.74 Å². The molecule has 0 heterocycles. The van der Waals surface area contributed by atoms with Crippen LogP contribution in [0.25, 0.3) is 0 Å². The molecule has 0 spiro atoms. The lowest BCUT2D eigenvalue weighted by Gasteiger charge is -2.24. The Hall–Kier alpha value is -2.41. The zero-order valence-corrected chi connectivity index (χ0v) is 17.4. The van der Waals surface area contributed by atoms with Gasteiger partial charge in [-0.25, -0.2) is 14.0 Å². The lowest BCUT2D eigenvalue weighted by atomic mass is 10.1. The quantitative estimate of drug-likeness (QED) is 0.576. The second-order valence-corrected chi connectivity index (χ2v) is 8.42. The van der Waals surface area contributed by atoms with Crippen LogP contribution in [-0.4, -0.2) is 52.8 Å². The second-order valence-electron chi connectivity index (χ2n) is 8.42. The topological polar surface area (TPSA) is 78.9 Å². The molecular formula is C22H31FN2O4. The molecule has 0 aromatic heterocycles. The molecular weight excluding hydrogens is 375 g/mol. The number of benzene rings is 1. The molecule has 1 fully saturated rings. The fourth-order valence-electron chi connectivity index (χ4n) is 3.42. The molecule has 2 N–H and O–H groups in total. The summed E-state index contributed by atoms with van der Waals surface area (Å²) in [5, 5.41) is 11.8. The van der Waals surface area contributed by atoms with E-state index >= 15 is 0 Å². The maximum absolute atomic E-state index is 13.1. The Labute approximate surface area is 171 Å². The van der Waals surface area contributed by atoms with Crippen molar-refractivity contribution in [2.75, 3.05) is 13.1 Å². The third-order valence-corrected chi connectivity index (χ3v) is 4.81. The molecule has 1 saturated carbocycles. The molecule has 0 bridgehead atoms. The minimum absolute atomic E-state index is 0.244. The highest BCUT2D eigenvalue weighted by atomic mass is 19.1. The van der Waals surface area contributed by atoms with Crippen LogP contribution in [0.1, 0.15) is 51.5 Å². The van der Waals surface area contributed by atoms with Crippen molar-refractivity contribution in [3.05, 3.63) is 48.3 Å². The minimum atomic E-state index is -1.08. The number of hydrogen-bond acceptors (Lipinski definition) is 4. The minimum Gasteiger partial charge on any atom is -0.480 e. The fourth-order valence-corrected chi connectivity index (χ4v) is 3.42. The van der Waals surface area contributed by atoms with Gasteiger partial charge in [0.15, 0.2) is 0 Å². The summed E-state index contributed by atoms with van der Waals surface area (Å²) in [6.07, 6.45) is 2.99. The van der Waals surface area contributed by atoms with Crippen LogP contribution in [0.2, 0.25) is 0 Å². The van der Waals surface area contributed by atoms with Gasteiger partial charge in [-0.2, -0.15) is 0 Å². The number of nitrogens with zero attached hydrogens (tertiary/aromatic N) is 1. The van der Waals surface area contributed by atoms with Crippen LogP contribution >= 0.6 is 0 Å². The molecule has 160 valence electrons. The van der Waals surface area contributed by atoms with E-state index in [0.717, 1.165) is 12.0 Å². The second kappa shape index (κ2) is 9.87. The van der Waals surface area contributed by atoms with Gasteiger partial charge in [-0.15, -0.1) is 6.58 Å². The number of rotatable bonds is 10. The molecule has 0 aliphatic heterocycles.